The van der Waals surface area contributed by atoms with Gasteiger partial charge < -0.3 is 10.2 Å². The van der Waals surface area contributed by atoms with E-state index < -0.39 is 0 Å². The minimum absolute atomic E-state index is 0. The Hall–Kier alpha value is -0.250. The Balaban J connectivity index is 0. The molecule has 2 aliphatic carbocycles. The van der Waals surface area contributed by atoms with Gasteiger partial charge in [-0.15, -0.1) is 12.8 Å². The van der Waals surface area contributed by atoms with Crippen LogP contribution in [-0.4, -0.2) is 14.2 Å². The summed E-state index contributed by atoms with van der Waals surface area (Å²) in [4.78, 5) is 0. The van der Waals surface area contributed by atoms with Crippen molar-refractivity contribution < 1.29 is 36.1 Å². The zero-order valence-corrected chi connectivity index (χ0v) is 14.2. The monoisotopic (exact) mass is 398 g/mol. The predicted octanol–water partition coefficient (Wildman–Crippen LogP) is 0.952. The van der Waals surface area contributed by atoms with Crippen LogP contribution in [0.4, 0.5) is 0 Å². The summed E-state index contributed by atoms with van der Waals surface area (Å²) in [6.07, 6.45) is 17.3. The van der Waals surface area contributed by atoms with Crippen LogP contribution in [0.1, 0.15) is 19.8 Å². The summed E-state index contributed by atoms with van der Waals surface area (Å²) in [5.74, 6) is 0.488. The Labute approximate surface area is 123 Å². The average molecular weight is 397 g/mol. The molecule has 0 aromatic rings. The van der Waals surface area contributed by atoms with Crippen LogP contribution in [-0.2, 0) is 25.8 Å². The average Bonchev–Trinajstić information content (AvgIpc) is 3.06. The normalized spacial score (nSPS) is 15.2. The summed E-state index contributed by atoms with van der Waals surface area (Å²) in [7, 11) is 1.50. The second-order valence-corrected chi connectivity index (χ2v) is 3.20. The maximum absolute atomic E-state index is 8.25. The van der Waals surface area contributed by atoms with Crippen LogP contribution in [0, 0.1) is 18.1 Å². The van der Waals surface area contributed by atoms with Crippen LogP contribution in [0.3, 0.4) is 0 Å². The Morgan fingerprint density at radius 1 is 0.941 bits per heavy atom. The molecule has 0 unspecified atom stereocenters. The zero-order valence-electron chi connectivity index (χ0n) is 10.6. The molecule has 2 nitrogen and oxygen atoms in total. The van der Waals surface area contributed by atoms with E-state index in [0.717, 1.165) is 27.1 Å². The van der Waals surface area contributed by atoms with Crippen molar-refractivity contribution in [1.29, 1.82) is 0 Å². The predicted molar refractivity (Wildman–Crippen MR) is 62.0 cm³/mol. The SMILES string of the molecule is CC(C1=[C-]CC=C1)C1=[C-]CC=C1.C[O-].C[O-].[Hf+4]. The second-order valence-electron chi connectivity index (χ2n) is 3.20. The van der Waals surface area contributed by atoms with E-state index in [0.29, 0.717) is 5.92 Å². The van der Waals surface area contributed by atoms with Crippen LogP contribution in [0.5, 0.6) is 0 Å². The third-order valence-electron chi connectivity index (χ3n) is 2.38. The van der Waals surface area contributed by atoms with Crippen molar-refractivity contribution in [3.05, 3.63) is 47.6 Å². The zero-order chi connectivity index (χ0) is 12.4. The van der Waals surface area contributed by atoms with Crippen molar-refractivity contribution in [3.8, 4) is 0 Å². The van der Waals surface area contributed by atoms with Crippen molar-refractivity contribution in [2.24, 2.45) is 5.92 Å². The molecular formula is C14H18HfO2. The largest absolute Gasteiger partial charge is 4.00 e. The molecule has 0 atom stereocenters. The Bertz CT molecular complexity index is 271. The molecule has 0 amide bonds. The van der Waals surface area contributed by atoms with Crippen LogP contribution in [0.15, 0.2) is 35.5 Å². The molecule has 0 aliphatic heterocycles. The summed E-state index contributed by atoms with van der Waals surface area (Å²) in [6, 6.07) is 0. The smallest absolute Gasteiger partial charge is 0.857 e. The Kier molecular flexibility index (Phi) is 13.7. The molecule has 0 bridgehead atoms. The van der Waals surface area contributed by atoms with E-state index in [4.69, 9.17) is 10.2 Å². The summed E-state index contributed by atoms with van der Waals surface area (Å²) >= 11 is 0. The molecule has 17 heavy (non-hydrogen) atoms. The molecular weight excluding hydrogens is 379 g/mol. The first-order valence-corrected chi connectivity index (χ1v) is 5.24. The fraction of sp³-hybridized carbons (Fsp3) is 0.429. The summed E-state index contributed by atoms with van der Waals surface area (Å²) < 4.78 is 0. The molecule has 0 saturated carbocycles. The van der Waals surface area contributed by atoms with Crippen molar-refractivity contribution >= 4 is 0 Å². The van der Waals surface area contributed by atoms with Gasteiger partial charge in [0.05, 0.1) is 0 Å². The van der Waals surface area contributed by atoms with Gasteiger partial charge in [-0.3, -0.25) is 12.2 Å². The minimum atomic E-state index is 0. The number of allylic oxidation sites excluding steroid dienone is 8. The van der Waals surface area contributed by atoms with Gasteiger partial charge in [-0.25, -0.2) is 23.3 Å². The van der Waals surface area contributed by atoms with Gasteiger partial charge in [-0.05, 0) is 0 Å². The van der Waals surface area contributed by atoms with Crippen molar-refractivity contribution in [2.75, 3.05) is 14.2 Å². The standard InChI is InChI=1S/C12H12.2CH3O.Hf/c1-10(11-6-2-3-7-11)12-8-4-5-9-12;2*1-2;/h2,4,6,8,10H,3,5H2,1H3;2*1H3;/q-2;2*-1;+4. The van der Waals surface area contributed by atoms with E-state index in [1.54, 1.807) is 0 Å². The van der Waals surface area contributed by atoms with E-state index >= 15 is 0 Å². The van der Waals surface area contributed by atoms with Gasteiger partial charge in [0.2, 0.25) is 0 Å². The molecule has 0 N–H and O–H groups in total. The molecule has 2 rings (SSSR count). The van der Waals surface area contributed by atoms with Gasteiger partial charge in [0.15, 0.2) is 0 Å². The van der Waals surface area contributed by atoms with Crippen molar-refractivity contribution in [1.82, 2.24) is 0 Å². The molecule has 3 heteroatoms. The third-order valence-corrected chi connectivity index (χ3v) is 2.38. The van der Waals surface area contributed by atoms with E-state index in [9.17, 15) is 0 Å². The quantitative estimate of drug-likeness (QED) is 0.515. The molecule has 0 aromatic carbocycles. The van der Waals surface area contributed by atoms with E-state index in [-0.39, 0.29) is 25.8 Å². The second kappa shape index (κ2) is 12.2. The first-order chi connectivity index (χ1) is 7.88. The van der Waals surface area contributed by atoms with Gasteiger partial charge in [-0.2, -0.15) is 26.4 Å². The van der Waals surface area contributed by atoms with Gasteiger partial charge in [-0.1, -0.05) is 12.8 Å². The summed E-state index contributed by atoms with van der Waals surface area (Å²) in [6.45, 7) is 2.22. The summed E-state index contributed by atoms with van der Waals surface area (Å²) in [5, 5.41) is 16.5. The molecule has 0 saturated heterocycles. The van der Waals surface area contributed by atoms with Gasteiger partial charge in [0.25, 0.3) is 0 Å². The fourth-order valence-electron chi connectivity index (χ4n) is 1.61. The molecule has 0 heterocycles. The van der Waals surface area contributed by atoms with Crippen molar-refractivity contribution in [2.45, 2.75) is 19.8 Å². The molecule has 0 spiro atoms. The van der Waals surface area contributed by atoms with Crippen LogP contribution < -0.4 is 10.2 Å². The first kappa shape index (κ1) is 19.1. The topological polar surface area (TPSA) is 46.1 Å². The van der Waals surface area contributed by atoms with Gasteiger partial charge in [0.1, 0.15) is 0 Å². The van der Waals surface area contributed by atoms with Crippen LogP contribution in [0.25, 0.3) is 0 Å². The molecule has 90 valence electrons. The van der Waals surface area contributed by atoms with Crippen LogP contribution >= 0.6 is 0 Å². The molecule has 2 aliphatic rings. The Morgan fingerprint density at radius 3 is 1.53 bits per heavy atom. The van der Waals surface area contributed by atoms with Gasteiger partial charge in [0, 0.05) is 0 Å². The maximum atomic E-state index is 8.25. The van der Waals surface area contributed by atoms with E-state index in [2.05, 4.69) is 43.4 Å². The van der Waals surface area contributed by atoms with Crippen LogP contribution in [0.2, 0.25) is 0 Å². The minimum Gasteiger partial charge on any atom is -0.857 e. The maximum Gasteiger partial charge on any atom is 4.00 e. The summed E-state index contributed by atoms with van der Waals surface area (Å²) in [5.41, 5.74) is 2.65. The number of rotatable bonds is 2. The fourth-order valence-corrected chi connectivity index (χ4v) is 1.61. The Morgan fingerprint density at radius 2 is 1.29 bits per heavy atom. The number of hydrogen-bond acceptors (Lipinski definition) is 2. The number of hydrogen-bond donors (Lipinski definition) is 0. The third kappa shape index (κ3) is 6.29. The van der Waals surface area contributed by atoms with E-state index in [1.165, 1.54) is 11.1 Å². The molecule has 0 fully saturated rings. The molecule has 0 aromatic heterocycles. The van der Waals surface area contributed by atoms with Gasteiger partial charge >= 0.3 is 25.8 Å². The van der Waals surface area contributed by atoms with E-state index in [1.807, 2.05) is 0 Å². The van der Waals surface area contributed by atoms with Crippen molar-refractivity contribution in [3.63, 3.8) is 0 Å². The first-order valence-electron chi connectivity index (χ1n) is 5.24. The molecule has 0 radical (unpaired) electrons.